The summed E-state index contributed by atoms with van der Waals surface area (Å²) >= 11 is 0. The maximum Gasteiger partial charge on any atom is 0.255 e. The number of carbonyl (C=O) groups excluding carboxylic acids is 3. The minimum atomic E-state index is -0.592. The van der Waals surface area contributed by atoms with Crippen molar-refractivity contribution in [3.05, 3.63) is 34.9 Å². The summed E-state index contributed by atoms with van der Waals surface area (Å²) in [5, 5.41) is 5.77. The van der Waals surface area contributed by atoms with Crippen molar-refractivity contribution >= 4 is 17.7 Å². The van der Waals surface area contributed by atoms with E-state index in [0.29, 0.717) is 38.3 Å². The molecule has 3 fully saturated rings. The molecule has 154 valence electrons. The Morgan fingerprint density at radius 2 is 2.00 bits per heavy atom. The van der Waals surface area contributed by atoms with Crippen molar-refractivity contribution in [2.75, 3.05) is 13.2 Å². The topological polar surface area (TPSA) is 123 Å². The zero-order chi connectivity index (χ0) is 20.1. The molecule has 5 rings (SSSR count). The Hall–Kier alpha value is -2.33. The van der Waals surface area contributed by atoms with E-state index in [4.69, 9.17) is 15.2 Å². The number of fused-ring (bicyclic) bond motifs is 2. The SMILES string of the molecule is N[C@H]1CO[C@H]2[C@@H]1OC[C@@H]2NCc1ccc2c(c1)C(=O)N(C1CCC(=O)NC1=O)C2. The second-order valence-electron chi connectivity index (χ2n) is 8.14. The van der Waals surface area contributed by atoms with Gasteiger partial charge in [0.15, 0.2) is 0 Å². The Morgan fingerprint density at radius 3 is 2.83 bits per heavy atom. The molecule has 1 unspecified atom stereocenters. The first-order chi connectivity index (χ1) is 14.0. The van der Waals surface area contributed by atoms with E-state index in [1.165, 1.54) is 0 Å². The molecule has 5 atom stereocenters. The first-order valence-electron chi connectivity index (χ1n) is 10.00. The number of nitrogens with two attached hydrogens (primary N) is 1. The normalized spacial score (nSPS) is 33.8. The van der Waals surface area contributed by atoms with Gasteiger partial charge in [0.25, 0.3) is 5.91 Å². The molecule has 0 radical (unpaired) electrons. The molecule has 0 spiro atoms. The van der Waals surface area contributed by atoms with Crippen molar-refractivity contribution in [2.45, 2.75) is 56.3 Å². The molecule has 29 heavy (non-hydrogen) atoms. The van der Waals surface area contributed by atoms with Crippen molar-refractivity contribution < 1.29 is 23.9 Å². The predicted octanol–water partition coefficient (Wildman–Crippen LogP) is -0.969. The predicted molar refractivity (Wildman–Crippen MR) is 101 cm³/mol. The fourth-order valence-corrected chi connectivity index (χ4v) is 4.66. The van der Waals surface area contributed by atoms with Gasteiger partial charge in [-0.1, -0.05) is 12.1 Å². The zero-order valence-corrected chi connectivity index (χ0v) is 15.9. The largest absolute Gasteiger partial charge is 0.372 e. The van der Waals surface area contributed by atoms with Crippen molar-refractivity contribution in [1.82, 2.24) is 15.5 Å². The quantitative estimate of drug-likeness (QED) is 0.556. The number of benzene rings is 1. The van der Waals surface area contributed by atoms with Crippen molar-refractivity contribution in [1.29, 1.82) is 0 Å². The number of piperidine rings is 1. The minimum Gasteiger partial charge on any atom is -0.372 e. The highest BCUT2D eigenvalue weighted by Crippen LogP contribution is 2.29. The Kier molecular flexibility index (Phi) is 4.62. The van der Waals surface area contributed by atoms with Crippen molar-refractivity contribution in [3.63, 3.8) is 0 Å². The van der Waals surface area contributed by atoms with Crippen LogP contribution in [0.3, 0.4) is 0 Å². The summed E-state index contributed by atoms with van der Waals surface area (Å²) in [4.78, 5) is 38.0. The molecule has 9 nitrogen and oxygen atoms in total. The van der Waals surface area contributed by atoms with E-state index < -0.39 is 11.9 Å². The number of ether oxygens (including phenoxy) is 2. The molecular formula is C20H24N4O5. The van der Waals surface area contributed by atoms with Crippen LogP contribution in [-0.4, -0.2) is 66.2 Å². The Labute approximate surface area is 167 Å². The third-order valence-corrected chi connectivity index (χ3v) is 6.25. The van der Waals surface area contributed by atoms with Crippen LogP contribution >= 0.6 is 0 Å². The molecule has 3 amide bonds. The van der Waals surface area contributed by atoms with Gasteiger partial charge < -0.3 is 25.4 Å². The summed E-state index contributed by atoms with van der Waals surface area (Å²) in [5.74, 6) is -0.838. The van der Waals surface area contributed by atoms with Crippen molar-refractivity contribution in [3.8, 4) is 0 Å². The number of imide groups is 1. The molecule has 0 bridgehead atoms. The van der Waals surface area contributed by atoms with E-state index in [9.17, 15) is 14.4 Å². The first kappa shape index (κ1) is 18.7. The van der Waals surface area contributed by atoms with Gasteiger partial charge in [-0.05, 0) is 23.6 Å². The van der Waals surface area contributed by atoms with Gasteiger partial charge in [0.05, 0.1) is 25.3 Å². The minimum absolute atomic E-state index is 0.0379. The molecule has 1 aromatic carbocycles. The summed E-state index contributed by atoms with van der Waals surface area (Å²) in [5.41, 5.74) is 8.49. The number of hydrogen-bond donors (Lipinski definition) is 3. The third kappa shape index (κ3) is 3.24. The van der Waals surface area contributed by atoms with E-state index in [2.05, 4.69) is 10.6 Å². The van der Waals surface area contributed by atoms with E-state index in [0.717, 1.165) is 11.1 Å². The van der Waals surface area contributed by atoms with Crippen LogP contribution in [0.15, 0.2) is 18.2 Å². The van der Waals surface area contributed by atoms with Gasteiger partial charge in [-0.3, -0.25) is 19.7 Å². The second-order valence-corrected chi connectivity index (χ2v) is 8.14. The number of nitrogens with zero attached hydrogens (tertiary/aromatic N) is 1. The lowest BCUT2D eigenvalue weighted by Gasteiger charge is -2.29. The summed E-state index contributed by atoms with van der Waals surface area (Å²) in [6.07, 6.45) is 0.522. The molecule has 4 heterocycles. The number of nitrogens with one attached hydrogen (secondary N) is 2. The highest BCUT2D eigenvalue weighted by atomic mass is 16.6. The number of rotatable bonds is 4. The fraction of sp³-hybridized carbons (Fsp3) is 0.550. The monoisotopic (exact) mass is 400 g/mol. The summed E-state index contributed by atoms with van der Waals surface area (Å²) in [7, 11) is 0. The molecule has 4 aliphatic rings. The lowest BCUT2D eigenvalue weighted by atomic mass is 10.0. The molecule has 9 heteroatoms. The average Bonchev–Trinajstić information content (AvgIpc) is 3.36. The van der Waals surface area contributed by atoms with Crippen molar-refractivity contribution in [2.24, 2.45) is 5.73 Å². The smallest absolute Gasteiger partial charge is 0.255 e. The Morgan fingerprint density at radius 1 is 1.17 bits per heavy atom. The molecule has 0 aliphatic carbocycles. The van der Waals surface area contributed by atoms with Crippen LogP contribution < -0.4 is 16.4 Å². The highest BCUT2D eigenvalue weighted by Gasteiger charge is 2.46. The first-order valence-corrected chi connectivity index (χ1v) is 10.00. The Balaban J connectivity index is 1.25. The number of carbonyl (C=O) groups is 3. The summed E-state index contributed by atoms with van der Waals surface area (Å²) in [6.45, 7) is 2.03. The van der Waals surface area contributed by atoms with Crippen LogP contribution in [-0.2, 0) is 32.2 Å². The van der Waals surface area contributed by atoms with Gasteiger partial charge in [0, 0.05) is 25.1 Å². The van der Waals surface area contributed by atoms with Crippen LogP contribution in [0.5, 0.6) is 0 Å². The van der Waals surface area contributed by atoms with Gasteiger partial charge in [0.2, 0.25) is 11.8 Å². The maximum atomic E-state index is 12.9. The van der Waals surface area contributed by atoms with Gasteiger partial charge in [-0.2, -0.15) is 0 Å². The lowest BCUT2D eigenvalue weighted by Crippen LogP contribution is -2.52. The summed E-state index contributed by atoms with van der Waals surface area (Å²) in [6, 6.07) is 5.20. The standard InChI is InChI=1S/C20H24N4O5/c21-13-8-28-18-14(9-29-17(13)18)22-6-10-1-2-11-7-24(20(27)12(11)5-10)15-3-4-16(25)23-19(15)26/h1-2,5,13-15,17-18,22H,3-4,6-9,21H2,(H,23,25,26)/t13-,14-,15?,17+,18+/m0/s1. The van der Waals surface area contributed by atoms with E-state index >= 15 is 0 Å². The zero-order valence-electron chi connectivity index (χ0n) is 15.9. The van der Waals surface area contributed by atoms with E-state index in [1.807, 2.05) is 18.2 Å². The van der Waals surface area contributed by atoms with Crippen LogP contribution in [0, 0.1) is 0 Å². The molecular weight excluding hydrogens is 376 g/mol. The second kappa shape index (κ2) is 7.17. The molecule has 4 N–H and O–H groups in total. The molecule has 0 saturated carbocycles. The average molecular weight is 400 g/mol. The van der Waals surface area contributed by atoms with E-state index in [1.54, 1.807) is 4.90 Å². The van der Waals surface area contributed by atoms with Crippen LogP contribution in [0.4, 0.5) is 0 Å². The molecule has 3 saturated heterocycles. The molecule has 4 aliphatic heterocycles. The summed E-state index contributed by atoms with van der Waals surface area (Å²) < 4.78 is 11.5. The maximum absolute atomic E-state index is 12.9. The number of amides is 3. The van der Waals surface area contributed by atoms with Gasteiger partial charge in [-0.15, -0.1) is 0 Å². The van der Waals surface area contributed by atoms with Gasteiger partial charge >= 0.3 is 0 Å². The Bertz CT molecular complexity index is 874. The van der Waals surface area contributed by atoms with Crippen LogP contribution in [0.2, 0.25) is 0 Å². The van der Waals surface area contributed by atoms with E-state index in [-0.39, 0.29) is 42.5 Å². The van der Waals surface area contributed by atoms with Gasteiger partial charge in [0.1, 0.15) is 18.2 Å². The molecule has 1 aromatic rings. The number of hydrogen-bond acceptors (Lipinski definition) is 7. The fourth-order valence-electron chi connectivity index (χ4n) is 4.66. The lowest BCUT2D eigenvalue weighted by molar-refractivity contribution is -0.136. The third-order valence-electron chi connectivity index (χ3n) is 6.25. The van der Waals surface area contributed by atoms with Crippen LogP contribution in [0.1, 0.15) is 34.3 Å². The molecule has 0 aromatic heterocycles. The highest BCUT2D eigenvalue weighted by molar-refractivity contribution is 6.05. The van der Waals surface area contributed by atoms with Gasteiger partial charge in [-0.25, -0.2) is 0 Å². The van der Waals surface area contributed by atoms with Crippen LogP contribution in [0.25, 0.3) is 0 Å².